The Kier molecular flexibility index (Phi) is 11.6. The summed E-state index contributed by atoms with van der Waals surface area (Å²) in [6.45, 7) is 0. The van der Waals surface area contributed by atoms with Crippen molar-refractivity contribution in [3.8, 4) is 0 Å². The maximum atomic E-state index is 10.5. The van der Waals surface area contributed by atoms with Gasteiger partial charge in [0.15, 0.2) is 0 Å². The third kappa shape index (κ3) is 5.94. The molecule has 0 fully saturated rings. The van der Waals surface area contributed by atoms with Crippen molar-refractivity contribution < 1.29 is 10.2 Å². The van der Waals surface area contributed by atoms with E-state index < -0.39 is 27.0 Å². The number of rotatable bonds is 12. The molecular formula is C54H48Cl2P3Ru. The third-order valence-electron chi connectivity index (χ3n) is 11.9. The van der Waals surface area contributed by atoms with Gasteiger partial charge in [0, 0.05) is 0 Å². The zero-order chi connectivity index (χ0) is 41.0. The first-order valence-electron chi connectivity index (χ1n) is 20.2. The van der Waals surface area contributed by atoms with Gasteiger partial charge in [0.1, 0.15) is 0 Å². The van der Waals surface area contributed by atoms with Crippen molar-refractivity contribution in [3.05, 3.63) is 273 Å². The molecule has 0 aliphatic rings. The zero-order valence-electron chi connectivity index (χ0n) is 33.1. The van der Waals surface area contributed by atoms with Crippen molar-refractivity contribution in [2.75, 3.05) is 0 Å². The van der Waals surface area contributed by atoms with Crippen molar-refractivity contribution >= 4 is 83.9 Å². The molecule has 60 heavy (non-hydrogen) atoms. The van der Waals surface area contributed by atoms with Crippen LogP contribution in [0, 0.1) is 0 Å². The fourth-order valence-corrected chi connectivity index (χ4v) is 142. The molecule has 0 nitrogen and oxygen atoms in total. The molecule has 9 rings (SSSR count). The molecular weight excluding hydrogens is 913 g/mol. The van der Waals surface area contributed by atoms with Gasteiger partial charge < -0.3 is 0 Å². The Morgan fingerprint density at radius 3 is 0.383 bits per heavy atom. The molecule has 0 saturated heterocycles. The Balaban J connectivity index is 1.75. The SMILES string of the molecule is [Cl][Ru]([Cl])([PH](c1ccccc1)(c1ccccc1)c1ccccc1)([PH](c1ccccc1)(c1ccccc1)c1ccccc1)[PH](c1ccccc1)(c1ccccc1)c1ccccc1. The molecule has 0 aliphatic carbocycles. The molecule has 6 heteroatoms. The molecule has 0 aliphatic heterocycles. The van der Waals surface area contributed by atoms with Gasteiger partial charge in [0.25, 0.3) is 0 Å². The van der Waals surface area contributed by atoms with E-state index in [4.69, 9.17) is 0 Å². The standard InChI is InChI=1S/3C18H15P.2ClH.Ru/c3*1-4-10-16(11-5-1)19(17-12-6-2-7-13-17)18-14-8-3-9-15-18;;;/h3*1-15H;2*1H;/q;;;;;-1/p+1. The molecule has 9 aromatic rings. The number of hydrogen-bond donors (Lipinski definition) is 0. The van der Waals surface area contributed by atoms with Crippen LogP contribution in [-0.4, -0.2) is 0 Å². The Hall–Kier alpha value is -4.53. The minimum atomic E-state index is -6.00. The Morgan fingerprint density at radius 1 is 0.183 bits per heavy atom. The summed E-state index contributed by atoms with van der Waals surface area (Å²) in [6.07, 6.45) is 0. The summed E-state index contributed by atoms with van der Waals surface area (Å²) in [5, 5.41) is 11.0. The van der Waals surface area contributed by atoms with E-state index in [1.54, 1.807) is 0 Å². The first-order chi connectivity index (χ1) is 29.5. The first kappa shape index (κ1) is 40.9. The molecule has 0 spiro atoms. The molecule has 0 heterocycles. The first-order valence-corrected chi connectivity index (χ1v) is 38.1. The van der Waals surface area contributed by atoms with Crippen LogP contribution in [-0.2, 0) is 10.2 Å². The number of benzene rings is 9. The molecule has 0 unspecified atom stereocenters. The van der Waals surface area contributed by atoms with Gasteiger partial charge in [-0.15, -0.1) is 0 Å². The quantitative estimate of drug-likeness (QED) is 0.0846. The van der Waals surface area contributed by atoms with E-state index in [-0.39, 0.29) is 0 Å². The van der Waals surface area contributed by atoms with Crippen LogP contribution in [0.15, 0.2) is 273 Å². The summed E-state index contributed by atoms with van der Waals surface area (Å²) in [4.78, 5) is 0. The fourth-order valence-electron chi connectivity index (χ4n) is 9.68. The van der Waals surface area contributed by atoms with Crippen LogP contribution >= 0.6 is 36.2 Å². The van der Waals surface area contributed by atoms with Gasteiger partial charge in [0.2, 0.25) is 0 Å². The predicted octanol–water partition coefficient (Wildman–Crippen LogP) is 10.9. The summed E-state index contributed by atoms with van der Waals surface area (Å²) in [6, 6.07) is 101. The topological polar surface area (TPSA) is 0 Å². The molecule has 0 N–H and O–H groups in total. The summed E-state index contributed by atoms with van der Waals surface area (Å²) < 4.78 is 0. The van der Waals surface area contributed by atoms with Crippen LogP contribution < -0.4 is 47.7 Å². The van der Waals surface area contributed by atoms with Gasteiger partial charge in [-0.05, 0) is 0 Å². The average Bonchev–Trinajstić information content (AvgIpc) is 3.33. The molecule has 0 aromatic heterocycles. The van der Waals surface area contributed by atoms with Crippen LogP contribution in [0.2, 0.25) is 0 Å². The summed E-state index contributed by atoms with van der Waals surface area (Å²) in [5.41, 5.74) is -11.5. The van der Waals surface area contributed by atoms with Crippen molar-refractivity contribution in [2.24, 2.45) is 0 Å². The normalized spacial score (nSPS) is 13.7. The number of hydrogen-bond acceptors (Lipinski definition) is 0. The molecule has 0 amide bonds. The van der Waals surface area contributed by atoms with Crippen LogP contribution in [0.3, 0.4) is 0 Å². The van der Waals surface area contributed by atoms with Gasteiger partial charge >= 0.3 is 367 Å². The Labute approximate surface area is 364 Å². The maximum absolute atomic E-state index is 10.5. The van der Waals surface area contributed by atoms with Crippen LogP contribution in [0.25, 0.3) is 0 Å². The van der Waals surface area contributed by atoms with E-state index in [2.05, 4.69) is 273 Å². The van der Waals surface area contributed by atoms with E-state index in [9.17, 15) is 19.4 Å². The van der Waals surface area contributed by atoms with E-state index in [1.165, 1.54) is 47.7 Å². The molecule has 301 valence electrons. The van der Waals surface area contributed by atoms with Gasteiger partial charge in [-0.2, -0.15) is 0 Å². The van der Waals surface area contributed by atoms with Crippen LogP contribution in [0.4, 0.5) is 0 Å². The second-order valence-corrected chi connectivity index (χ2v) is 73.1. The molecule has 0 bridgehead atoms. The molecule has 0 radical (unpaired) electrons. The van der Waals surface area contributed by atoms with Gasteiger partial charge in [0.05, 0.1) is 0 Å². The average molecular weight is 962 g/mol. The van der Waals surface area contributed by atoms with Crippen molar-refractivity contribution in [3.63, 3.8) is 0 Å². The second kappa shape index (κ2) is 17.1. The van der Waals surface area contributed by atoms with E-state index in [0.29, 0.717) is 0 Å². The van der Waals surface area contributed by atoms with Crippen LogP contribution in [0.5, 0.6) is 0 Å². The van der Waals surface area contributed by atoms with E-state index in [0.717, 1.165) is 0 Å². The minimum absolute atomic E-state index is 1.22. The third-order valence-corrected chi connectivity index (χ3v) is 108. The molecule has 0 saturated carbocycles. The van der Waals surface area contributed by atoms with Gasteiger partial charge in [-0.3, -0.25) is 0 Å². The van der Waals surface area contributed by atoms with Gasteiger partial charge in [-0.1, -0.05) is 0 Å². The summed E-state index contributed by atoms with van der Waals surface area (Å²) >= 11 is 0. The monoisotopic (exact) mass is 961 g/mol. The fraction of sp³-hybridized carbons (Fsp3) is 0. The van der Waals surface area contributed by atoms with Crippen LogP contribution in [0.1, 0.15) is 0 Å². The van der Waals surface area contributed by atoms with Crippen molar-refractivity contribution in [1.82, 2.24) is 0 Å². The zero-order valence-corrected chi connectivity index (χ0v) is 39.3. The summed E-state index contributed by atoms with van der Waals surface area (Å²) in [5.74, 6) is 0. The Morgan fingerprint density at radius 2 is 0.283 bits per heavy atom. The molecule has 0 atom stereocenters. The Bertz CT molecular complexity index is 2170. The van der Waals surface area contributed by atoms with Crippen molar-refractivity contribution in [1.29, 1.82) is 0 Å². The number of halogens is 2. The van der Waals surface area contributed by atoms with Crippen molar-refractivity contribution in [2.45, 2.75) is 0 Å². The second-order valence-electron chi connectivity index (χ2n) is 14.9. The van der Waals surface area contributed by atoms with Gasteiger partial charge in [-0.25, -0.2) is 0 Å². The van der Waals surface area contributed by atoms with E-state index in [1.807, 2.05) is 0 Å². The van der Waals surface area contributed by atoms with E-state index >= 15 is 0 Å². The summed E-state index contributed by atoms with van der Waals surface area (Å²) in [7, 11) is 15.0. The molecule has 9 aromatic carbocycles. The predicted molar refractivity (Wildman–Crippen MR) is 271 cm³/mol.